The van der Waals surface area contributed by atoms with E-state index in [9.17, 15) is 18.0 Å². The number of carboxylic acid groups (broad SMARTS) is 1. The highest BCUT2D eigenvalue weighted by molar-refractivity contribution is 6.30. The predicted molar refractivity (Wildman–Crippen MR) is 64.5 cm³/mol. The molecule has 2 rings (SSSR count). The monoisotopic (exact) mass is 293 g/mol. The van der Waals surface area contributed by atoms with E-state index in [0.717, 1.165) is 0 Å². The summed E-state index contributed by atoms with van der Waals surface area (Å²) in [4.78, 5) is 11.0. The van der Waals surface area contributed by atoms with Crippen molar-refractivity contribution in [3.05, 3.63) is 28.3 Å². The van der Waals surface area contributed by atoms with Crippen LogP contribution in [0, 0.1) is 12.8 Å². The molecule has 1 aromatic carbocycles. The van der Waals surface area contributed by atoms with Crippen molar-refractivity contribution in [3.63, 3.8) is 0 Å². The number of alkyl halides is 3. The normalized spacial score (nSPS) is 22.6. The molecular formula is C12H11ClF3NO2. The first kappa shape index (κ1) is 14.0. The number of anilines is 1. The molecule has 1 aliphatic heterocycles. The van der Waals surface area contributed by atoms with Crippen molar-refractivity contribution >= 4 is 23.3 Å². The van der Waals surface area contributed by atoms with E-state index in [1.165, 1.54) is 6.07 Å². The fourth-order valence-electron chi connectivity index (χ4n) is 2.33. The van der Waals surface area contributed by atoms with Crippen LogP contribution in [0.1, 0.15) is 11.1 Å². The van der Waals surface area contributed by atoms with Gasteiger partial charge in [-0.25, -0.2) is 0 Å². The van der Waals surface area contributed by atoms with Crippen molar-refractivity contribution < 1.29 is 23.1 Å². The molecule has 0 saturated heterocycles. The minimum atomic E-state index is -4.62. The summed E-state index contributed by atoms with van der Waals surface area (Å²) in [6.45, 7) is 1.63. The molecule has 0 radical (unpaired) electrons. The van der Waals surface area contributed by atoms with Crippen LogP contribution >= 0.6 is 11.6 Å². The standard InChI is InChI=1S/C12H11ClF3NO2/c1-5-2-7(13)3-6-4-8(11(18)19)10(12(14,15)16)17-9(5)6/h2-3,8,10,17H,4H2,1H3,(H,18,19)/t8-,10+/m1/s1. The van der Waals surface area contributed by atoms with Gasteiger partial charge in [0, 0.05) is 10.7 Å². The minimum Gasteiger partial charge on any atom is -0.481 e. The topological polar surface area (TPSA) is 49.3 Å². The Bertz CT molecular complexity index is 530. The van der Waals surface area contributed by atoms with Gasteiger partial charge in [-0.1, -0.05) is 11.6 Å². The van der Waals surface area contributed by atoms with Gasteiger partial charge in [-0.15, -0.1) is 0 Å². The summed E-state index contributed by atoms with van der Waals surface area (Å²) < 4.78 is 38.7. The van der Waals surface area contributed by atoms with Crippen molar-refractivity contribution in [3.8, 4) is 0 Å². The number of aliphatic carboxylic acids is 1. The van der Waals surface area contributed by atoms with Crippen LogP contribution in [0.4, 0.5) is 18.9 Å². The van der Waals surface area contributed by atoms with Gasteiger partial charge in [0.05, 0.1) is 5.92 Å². The molecule has 0 aromatic heterocycles. The van der Waals surface area contributed by atoms with Crippen molar-refractivity contribution in [2.24, 2.45) is 5.92 Å². The van der Waals surface area contributed by atoms with Gasteiger partial charge >= 0.3 is 12.1 Å². The van der Waals surface area contributed by atoms with Crippen molar-refractivity contribution in [1.82, 2.24) is 0 Å². The van der Waals surface area contributed by atoms with E-state index in [1.807, 2.05) is 0 Å². The van der Waals surface area contributed by atoms with Gasteiger partial charge in [0.25, 0.3) is 0 Å². The molecule has 3 nitrogen and oxygen atoms in total. The molecule has 0 bridgehead atoms. The first-order valence-corrected chi connectivity index (χ1v) is 5.93. The second-order valence-electron chi connectivity index (χ2n) is 4.57. The Morgan fingerprint density at radius 1 is 1.47 bits per heavy atom. The van der Waals surface area contributed by atoms with Crippen LogP contribution in [0.15, 0.2) is 12.1 Å². The number of carbonyl (C=O) groups is 1. The van der Waals surface area contributed by atoms with E-state index in [4.69, 9.17) is 16.7 Å². The Morgan fingerprint density at radius 2 is 2.11 bits per heavy atom. The number of rotatable bonds is 1. The van der Waals surface area contributed by atoms with Gasteiger partial charge in [-0.2, -0.15) is 13.2 Å². The maximum absolute atomic E-state index is 12.9. The first-order valence-electron chi connectivity index (χ1n) is 5.55. The molecule has 2 N–H and O–H groups in total. The van der Waals surface area contributed by atoms with Crippen LogP contribution in [0.5, 0.6) is 0 Å². The number of carboxylic acids is 1. The zero-order valence-electron chi connectivity index (χ0n) is 9.88. The Morgan fingerprint density at radius 3 is 2.63 bits per heavy atom. The van der Waals surface area contributed by atoms with Crippen LogP contribution < -0.4 is 5.32 Å². The largest absolute Gasteiger partial charge is 0.481 e. The molecule has 19 heavy (non-hydrogen) atoms. The second kappa shape index (κ2) is 4.59. The number of halogens is 4. The van der Waals surface area contributed by atoms with Crippen molar-refractivity contribution in [1.29, 1.82) is 0 Å². The molecule has 7 heteroatoms. The van der Waals surface area contributed by atoms with Crippen LogP contribution in [0.25, 0.3) is 0 Å². The molecule has 1 aromatic rings. The third kappa shape index (κ3) is 2.63. The quantitative estimate of drug-likeness (QED) is 0.835. The highest BCUT2D eigenvalue weighted by Gasteiger charge is 2.50. The first-order chi connectivity index (χ1) is 8.70. The van der Waals surface area contributed by atoms with E-state index in [0.29, 0.717) is 21.8 Å². The summed E-state index contributed by atoms with van der Waals surface area (Å²) >= 11 is 5.84. The summed E-state index contributed by atoms with van der Waals surface area (Å²) in [5.41, 5.74) is 1.39. The third-order valence-electron chi connectivity index (χ3n) is 3.19. The lowest BCUT2D eigenvalue weighted by Crippen LogP contribution is -2.49. The van der Waals surface area contributed by atoms with Crippen LogP contribution in [-0.2, 0) is 11.2 Å². The van der Waals surface area contributed by atoms with E-state index in [-0.39, 0.29) is 6.42 Å². The zero-order chi connectivity index (χ0) is 14.4. The summed E-state index contributed by atoms with van der Waals surface area (Å²) in [6, 6.07) is 0.957. The number of fused-ring (bicyclic) bond motifs is 1. The number of hydrogen-bond donors (Lipinski definition) is 2. The van der Waals surface area contributed by atoms with Gasteiger partial charge < -0.3 is 10.4 Å². The smallest absolute Gasteiger partial charge is 0.409 e. The highest BCUT2D eigenvalue weighted by atomic mass is 35.5. The molecule has 0 spiro atoms. The third-order valence-corrected chi connectivity index (χ3v) is 3.41. The molecular weight excluding hydrogens is 283 g/mol. The lowest BCUT2D eigenvalue weighted by atomic mass is 9.85. The van der Waals surface area contributed by atoms with Gasteiger partial charge in [0.15, 0.2) is 0 Å². The minimum absolute atomic E-state index is 0.191. The fraction of sp³-hybridized carbons (Fsp3) is 0.417. The van der Waals surface area contributed by atoms with Gasteiger partial charge in [-0.3, -0.25) is 4.79 Å². The van der Waals surface area contributed by atoms with Gasteiger partial charge in [0.1, 0.15) is 6.04 Å². The van der Waals surface area contributed by atoms with Gasteiger partial charge in [-0.05, 0) is 36.6 Å². The Hall–Kier alpha value is -1.43. The predicted octanol–water partition coefficient (Wildman–Crippen LogP) is 3.25. The maximum Gasteiger partial charge on any atom is 0.409 e. The van der Waals surface area contributed by atoms with E-state index >= 15 is 0 Å². The maximum atomic E-state index is 12.9. The Labute approximate surface area is 112 Å². The lowest BCUT2D eigenvalue weighted by Gasteiger charge is -2.34. The molecule has 2 atom stereocenters. The SMILES string of the molecule is Cc1cc(Cl)cc2c1N[C@H](C(F)(F)F)[C@H](C(=O)O)C2. The van der Waals surface area contributed by atoms with Crippen LogP contribution in [0.3, 0.4) is 0 Å². The summed E-state index contributed by atoms with van der Waals surface area (Å²) in [5, 5.41) is 11.6. The highest BCUT2D eigenvalue weighted by Crippen LogP contribution is 2.39. The van der Waals surface area contributed by atoms with Crippen LogP contribution in [0.2, 0.25) is 5.02 Å². The molecule has 0 amide bonds. The lowest BCUT2D eigenvalue weighted by molar-refractivity contribution is -0.169. The van der Waals surface area contributed by atoms with Gasteiger partial charge in [0.2, 0.25) is 0 Å². The number of benzene rings is 1. The summed E-state index contributed by atoms with van der Waals surface area (Å²) in [6.07, 6.45) is -4.81. The average Bonchev–Trinajstić information content (AvgIpc) is 2.25. The molecule has 104 valence electrons. The molecule has 0 fully saturated rings. The number of nitrogens with one attached hydrogen (secondary N) is 1. The van der Waals surface area contributed by atoms with E-state index < -0.39 is 24.1 Å². The van der Waals surface area contributed by atoms with E-state index in [2.05, 4.69) is 5.32 Å². The average molecular weight is 294 g/mol. The van der Waals surface area contributed by atoms with Crippen LogP contribution in [-0.4, -0.2) is 23.3 Å². The summed E-state index contributed by atoms with van der Waals surface area (Å²) in [7, 11) is 0. The number of hydrogen-bond acceptors (Lipinski definition) is 2. The number of aryl methyl sites for hydroxylation is 1. The fourth-order valence-corrected chi connectivity index (χ4v) is 2.63. The molecule has 1 aliphatic rings. The molecule has 0 unspecified atom stereocenters. The molecule has 1 heterocycles. The summed E-state index contributed by atoms with van der Waals surface area (Å²) in [5.74, 6) is -3.02. The second-order valence-corrected chi connectivity index (χ2v) is 5.01. The molecule has 0 saturated carbocycles. The van der Waals surface area contributed by atoms with E-state index in [1.54, 1.807) is 13.0 Å². The van der Waals surface area contributed by atoms with Crippen molar-refractivity contribution in [2.75, 3.05) is 5.32 Å². The molecule has 0 aliphatic carbocycles. The Balaban J connectivity index is 2.48. The Kier molecular flexibility index (Phi) is 3.38. The van der Waals surface area contributed by atoms with Crippen molar-refractivity contribution in [2.45, 2.75) is 25.6 Å². The zero-order valence-corrected chi connectivity index (χ0v) is 10.6.